The van der Waals surface area contributed by atoms with E-state index >= 15 is 0 Å². The van der Waals surface area contributed by atoms with Gasteiger partial charge in [-0.25, -0.2) is 0 Å². The first-order valence-corrected chi connectivity index (χ1v) is 6.90. The lowest BCUT2D eigenvalue weighted by atomic mass is 9.74. The molecule has 1 saturated carbocycles. The second-order valence-corrected chi connectivity index (χ2v) is 5.63. The van der Waals surface area contributed by atoms with Gasteiger partial charge in [0, 0.05) is 30.7 Å². The number of aryl methyl sites for hydroxylation is 2. The molecule has 1 aliphatic rings. The first kappa shape index (κ1) is 13.6. The van der Waals surface area contributed by atoms with E-state index in [4.69, 9.17) is 4.52 Å². The van der Waals surface area contributed by atoms with E-state index in [0.29, 0.717) is 6.61 Å². The summed E-state index contributed by atoms with van der Waals surface area (Å²) in [6, 6.07) is 0. The van der Waals surface area contributed by atoms with Crippen molar-refractivity contribution >= 4 is 0 Å². The maximum absolute atomic E-state index is 9.64. The Morgan fingerprint density at radius 3 is 2.56 bits per heavy atom. The highest BCUT2D eigenvalue weighted by molar-refractivity contribution is 5.20. The van der Waals surface area contributed by atoms with Crippen LogP contribution in [0.5, 0.6) is 0 Å². The molecule has 0 aromatic carbocycles. The molecule has 0 bridgehead atoms. The number of aliphatic hydroxyl groups excluding tert-OH is 1. The van der Waals surface area contributed by atoms with E-state index in [1.165, 1.54) is 19.3 Å². The topological polar surface area (TPSA) is 58.3 Å². The number of nitrogens with zero attached hydrogens (tertiary/aromatic N) is 1. The first-order chi connectivity index (χ1) is 8.67. The summed E-state index contributed by atoms with van der Waals surface area (Å²) in [6.45, 7) is 5.87. The zero-order valence-electron chi connectivity index (χ0n) is 11.5. The highest BCUT2D eigenvalue weighted by Crippen LogP contribution is 2.35. The summed E-state index contributed by atoms with van der Waals surface area (Å²) in [5.74, 6) is 0.890. The molecule has 0 spiro atoms. The van der Waals surface area contributed by atoms with Gasteiger partial charge in [-0.2, -0.15) is 0 Å². The van der Waals surface area contributed by atoms with Crippen molar-refractivity contribution in [2.45, 2.75) is 52.5 Å². The minimum absolute atomic E-state index is 0.0945. The third-order valence-electron chi connectivity index (χ3n) is 4.23. The molecule has 1 aromatic rings. The lowest BCUT2D eigenvalue weighted by Crippen LogP contribution is -2.38. The van der Waals surface area contributed by atoms with E-state index in [2.05, 4.69) is 10.5 Å². The Hall–Kier alpha value is -0.870. The molecule has 0 saturated heterocycles. The van der Waals surface area contributed by atoms with Gasteiger partial charge in [0.15, 0.2) is 0 Å². The molecule has 102 valence electrons. The second kappa shape index (κ2) is 5.85. The summed E-state index contributed by atoms with van der Waals surface area (Å²) in [6.07, 6.45) is 6.07. The summed E-state index contributed by atoms with van der Waals surface area (Å²) in [5, 5.41) is 17.1. The fourth-order valence-corrected chi connectivity index (χ4v) is 2.90. The van der Waals surface area contributed by atoms with Gasteiger partial charge in [-0.1, -0.05) is 24.4 Å². The normalized spacial score (nSPS) is 19.1. The van der Waals surface area contributed by atoms with Crippen molar-refractivity contribution in [3.05, 3.63) is 17.0 Å². The molecule has 0 aliphatic heterocycles. The molecule has 2 N–H and O–H groups in total. The fourth-order valence-electron chi connectivity index (χ4n) is 2.90. The van der Waals surface area contributed by atoms with Crippen LogP contribution in [-0.4, -0.2) is 23.4 Å². The average Bonchev–Trinajstić information content (AvgIpc) is 2.71. The molecule has 1 aromatic heterocycles. The molecule has 0 radical (unpaired) electrons. The number of aliphatic hydroxyl groups is 1. The second-order valence-electron chi connectivity index (χ2n) is 5.63. The molecule has 1 fully saturated rings. The lowest BCUT2D eigenvalue weighted by molar-refractivity contribution is 0.0810. The van der Waals surface area contributed by atoms with Gasteiger partial charge in [-0.05, 0) is 26.7 Å². The van der Waals surface area contributed by atoms with Crippen molar-refractivity contribution in [2.24, 2.45) is 5.41 Å². The number of nitrogens with one attached hydrogen (secondary N) is 1. The molecule has 0 unspecified atom stereocenters. The first-order valence-electron chi connectivity index (χ1n) is 6.90. The Balaban J connectivity index is 1.87. The van der Waals surface area contributed by atoms with Crippen LogP contribution < -0.4 is 5.32 Å². The van der Waals surface area contributed by atoms with Gasteiger partial charge in [-0.15, -0.1) is 0 Å². The van der Waals surface area contributed by atoms with Crippen molar-refractivity contribution in [1.29, 1.82) is 0 Å². The summed E-state index contributed by atoms with van der Waals surface area (Å²) >= 11 is 0. The van der Waals surface area contributed by atoms with Gasteiger partial charge in [0.05, 0.1) is 5.69 Å². The highest BCUT2D eigenvalue weighted by atomic mass is 16.5. The molecule has 4 nitrogen and oxygen atoms in total. The minimum atomic E-state index is 0.0945. The Morgan fingerprint density at radius 2 is 2.00 bits per heavy atom. The van der Waals surface area contributed by atoms with Gasteiger partial charge in [-0.3, -0.25) is 0 Å². The largest absolute Gasteiger partial charge is 0.396 e. The Labute approximate surface area is 109 Å². The molecular weight excluding hydrogens is 228 g/mol. The summed E-state index contributed by atoms with van der Waals surface area (Å²) < 4.78 is 5.15. The molecule has 18 heavy (non-hydrogen) atoms. The van der Waals surface area contributed by atoms with Crippen LogP contribution in [-0.2, 0) is 6.54 Å². The minimum Gasteiger partial charge on any atom is -0.396 e. The van der Waals surface area contributed by atoms with Crippen LogP contribution in [0.15, 0.2) is 4.52 Å². The van der Waals surface area contributed by atoms with Crippen LogP contribution in [0.25, 0.3) is 0 Å². The molecular formula is C14H24N2O2. The van der Waals surface area contributed by atoms with Gasteiger partial charge in [0.25, 0.3) is 0 Å². The monoisotopic (exact) mass is 252 g/mol. The van der Waals surface area contributed by atoms with E-state index in [0.717, 1.165) is 42.9 Å². The van der Waals surface area contributed by atoms with E-state index in [1.54, 1.807) is 0 Å². The van der Waals surface area contributed by atoms with Crippen molar-refractivity contribution < 1.29 is 9.63 Å². The van der Waals surface area contributed by atoms with Crippen LogP contribution in [0.1, 0.15) is 49.1 Å². The fraction of sp³-hybridized carbons (Fsp3) is 0.786. The Bertz CT molecular complexity index is 362. The number of hydrogen-bond donors (Lipinski definition) is 2. The summed E-state index contributed by atoms with van der Waals surface area (Å²) in [5.41, 5.74) is 2.21. The predicted octanol–water partition coefficient (Wildman–Crippen LogP) is 2.32. The zero-order valence-corrected chi connectivity index (χ0v) is 11.5. The quantitative estimate of drug-likeness (QED) is 0.844. The number of rotatable bonds is 5. The maximum atomic E-state index is 9.64. The molecule has 0 amide bonds. The van der Waals surface area contributed by atoms with Crippen LogP contribution in [0.3, 0.4) is 0 Å². The SMILES string of the molecule is Cc1noc(C)c1CNCC1(CO)CCCCC1. The molecule has 1 heterocycles. The van der Waals surface area contributed by atoms with E-state index in [9.17, 15) is 5.11 Å². The Morgan fingerprint density at radius 1 is 1.28 bits per heavy atom. The van der Waals surface area contributed by atoms with Crippen LogP contribution >= 0.6 is 0 Å². The standard InChI is InChI=1S/C14H24N2O2/c1-11-13(12(2)18-16-11)8-15-9-14(10-17)6-4-3-5-7-14/h15,17H,3-10H2,1-2H3. The summed E-state index contributed by atoms with van der Waals surface area (Å²) in [4.78, 5) is 0. The summed E-state index contributed by atoms with van der Waals surface area (Å²) in [7, 11) is 0. The number of aromatic nitrogens is 1. The van der Waals surface area contributed by atoms with Crippen molar-refractivity contribution in [2.75, 3.05) is 13.2 Å². The predicted molar refractivity (Wildman–Crippen MR) is 70.3 cm³/mol. The smallest absolute Gasteiger partial charge is 0.138 e. The van der Waals surface area contributed by atoms with Gasteiger partial charge >= 0.3 is 0 Å². The van der Waals surface area contributed by atoms with Gasteiger partial charge in [0.2, 0.25) is 0 Å². The van der Waals surface area contributed by atoms with Crippen molar-refractivity contribution in [3.63, 3.8) is 0 Å². The molecule has 0 atom stereocenters. The molecule has 1 aliphatic carbocycles. The Kier molecular flexibility index (Phi) is 4.40. The van der Waals surface area contributed by atoms with Crippen LogP contribution in [0.2, 0.25) is 0 Å². The van der Waals surface area contributed by atoms with Crippen LogP contribution in [0.4, 0.5) is 0 Å². The van der Waals surface area contributed by atoms with E-state index in [1.807, 2.05) is 13.8 Å². The van der Waals surface area contributed by atoms with Crippen LogP contribution in [0, 0.1) is 19.3 Å². The van der Waals surface area contributed by atoms with E-state index < -0.39 is 0 Å². The maximum Gasteiger partial charge on any atom is 0.138 e. The van der Waals surface area contributed by atoms with Gasteiger partial charge in [0.1, 0.15) is 5.76 Å². The van der Waals surface area contributed by atoms with Crippen molar-refractivity contribution in [3.8, 4) is 0 Å². The lowest BCUT2D eigenvalue weighted by Gasteiger charge is -2.35. The highest BCUT2D eigenvalue weighted by Gasteiger charge is 2.30. The van der Waals surface area contributed by atoms with E-state index in [-0.39, 0.29) is 5.41 Å². The third-order valence-corrected chi connectivity index (χ3v) is 4.23. The zero-order chi connectivity index (χ0) is 13.0. The molecule has 4 heteroatoms. The third kappa shape index (κ3) is 2.93. The van der Waals surface area contributed by atoms with Crippen molar-refractivity contribution in [1.82, 2.24) is 10.5 Å². The average molecular weight is 252 g/mol. The number of hydrogen-bond acceptors (Lipinski definition) is 4. The van der Waals surface area contributed by atoms with Gasteiger partial charge < -0.3 is 14.9 Å². The molecule has 2 rings (SSSR count).